The third-order valence-electron chi connectivity index (χ3n) is 3.67. The molecule has 102 valence electrons. The Morgan fingerprint density at radius 1 is 1.39 bits per heavy atom. The summed E-state index contributed by atoms with van der Waals surface area (Å²) in [7, 11) is 0. The minimum atomic E-state index is -0.924. The van der Waals surface area contributed by atoms with Crippen molar-refractivity contribution in [3.8, 4) is 0 Å². The Bertz CT molecular complexity index is 328. The summed E-state index contributed by atoms with van der Waals surface area (Å²) < 4.78 is 5.50. The third kappa shape index (κ3) is 2.75. The van der Waals surface area contributed by atoms with Gasteiger partial charge < -0.3 is 20.1 Å². The SMILES string of the molecule is CC(NC(=O)N1CCC[C@@H]1C(=O)O)C1CCCO1. The summed E-state index contributed by atoms with van der Waals surface area (Å²) >= 11 is 0. The zero-order valence-corrected chi connectivity index (χ0v) is 10.6. The summed E-state index contributed by atoms with van der Waals surface area (Å²) in [6.07, 6.45) is 3.31. The van der Waals surface area contributed by atoms with Gasteiger partial charge in [0.05, 0.1) is 12.1 Å². The molecule has 2 aliphatic rings. The Hall–Kier alpha value is -1.30. The molecule has 0 aromatic rings. The van der Waals surface area contributed by atoms with E-state index in [1.165, 1.54) is 4.90 Å². The van der Waals surface area contributed by atoms with Gasteiger partial charge in [-0.15, -0.1) is 0 Å². The second-order valence-electron chi connectivity index (χ2n) is 4.98. The molecule has 0 aromatic heterocycles. The molecular formula is C12H20N2O4. The highest BCUT2D eigenvalue weighted by atomic mass is 16.5. The van der Waals surface area contributed by atoms with Gasteiger partial charge in [-0.1, -0.05) is 0 Å². The Morgan fingerprint density at radius 3 is 2.78 bits per heavy atom. The summed E-state index contributed by atoms with van der Waals surface area (Å²) in [6, 6.07) is -1.04. The first-order chi connectivity index (χ1) is 8.59. The van der Waals surface area contributed by atoms with E-state index in [2.05, 4.69) is 5.32 Å². The van der Waals surface area contributed by atoms with Crippen LogP contribution < -0.4 is 5.32 Å². The fraction of sp³-hybridized carbons (Fsp3) is 0.833. The fourth-order valence-electron chi connectivity index (χ4n) is 2.63. The van der Waals surface area contributed by atoms with E-state index < -0.39 is 12.0 Å². The van der Waals surface area contributed by atoms with Crippen molar-refractivity contribution >= 4 is 12.0 Å². The predicted molar refractivity (Wildman–Crippen MR) is 64.3 cm³/mol. The Balaban J connectivity index is 1.88. The Kier molecular flexibility index (Phi) is 4.06. The van der Waals surface area contributed by atoms with Gasteiger partial charge in [0.25, 0.3) is 0 Å². The van der Waals surface area contributed by atoms with Crippen molar-refractivity contribution in [2.45, 2.75) is 50.8 Å². The van der Waals surface area contributed by atoms with Crippen molar-refractivity contribution in [3.05, 3.63) is 0 Å². The van der Waals surface area contributed by atoms with Crippen LogP contribution in [0.25, 0.3) is 0 Å². The standard InChI is InChI=1S/C12H20N2O4/c1-8(10-5-3-7-18-10)13-12(17)14-6-2-4-9(14)11(15)16/h8-10H,2-7H2,1H3,(H,13,17)(H,15,16)/t8?,9-,10?/m1/s1. The zero-order chi connectivity index (χ0) is 13.1. The quantitative estimate of drug-likeness (QED) is 0.783. The smallest absolute Gasteiger partial charge is 0.326 e. The molecule has 3 atom stereocenters. The number of aliphatic carboxylic acids is 1. The van der Waals surface area contributed by atoms with Crippen molar-refractivity contribution in [1.82, 2.24) is 10.2 Å². The minimum absolute atomic E-state index is 0.0554. The molecule has 0 radical (unpaired) electrons. The monoisotopic (exact) mass is 256 g/mol. The van der Waals surface area contributed by atoms with Crippen LogP contribution in [0.3, 0.4) is 0 Å². The molecule has 2 saturated heterocycles. The average Bonchev–Trinajstić information content (AvgIpc) is 3.00. The van der Waals surface area contributed by atoms with Crippen LogP contribution in [0.2, 0.25) is 0 Å². The van der Waals surface area contributed by atoms with Crippen molar-refractivity contribution < 1.29 is 19.4 Å². The first kappa shape index (κ1) is 13.1. The summed E-state index contributed by atoms with van der Waals surface area (Å²) in [4.78, 5) is 24.4. The molecule has 2 fully saturated rings. The number of likely N-dealkylation sites (tertiary alicyclic amines) is 1. The van der Waals surface area contributed by atoms with Gasteiger partial charge in [0.15, 0.2) is 0 Å². The van der Waals surface area contributed by atoms with E-state index in [0.29, 0.717) is 13.0 Å². The van der Waals surface area contributed by atoms with Crippen molar-refractivity contribution in [2.75, 3.05) is 13.2 Å². The highest BCUT2D eigenvalue weighted by Gasteiger charge is 2.35. The Labute approximate surface area is 106 Å². The number of urea groups is 1. The average molecular weight is 256 g/mol. The van der Waals surface area contributed by atoms with Crippen LogP contribution in [-0.4, -0.2) is 53.3 Å². The molecule has 6 heteroatoms. The number of hydrogen-bond acceptors (Lipinski definition) is 3. The molecule has 2 unspecified atom stereocenters. The maximum atomic E-state index is 12.0. The molecule has 18 heavy (non-hydrogen) atoms. The number of hydrogen-bond donors (Lipinski definition) is 2. The molecule has 0 saturated carbocycles. The van der Waals surface area contributed by atoms with Gasteiger partial charge in [0.1, 0.15) is 6.04 Å². The van der Waals surface area contributed by atoms with E-state index in [-0.39, 0.29) is 18.2 Å². The third-order valence-corrected chi connectivity index (χ3v) is 3.67. The van der Waals surface area contributed by atoms with Crippen LogP contribution in [-0.2, 0) is 9.53 Å². The van der Waals surface area contributed by atoms with Gasteiger partial charge >= 0.3 is 12.0 Å². The van der Waals surface area contributed by atoms with Crippen LogP contribution >= 0.6 is 0 Å². The number of nitrogens with zero attached hydrogens (tertiary/aromatic N) is 1. The van der Waals surface area contributed by atoms with Gasteiger partial charge in [-0.05, 0) is 32.6 Å². The lowest BCUT2D eigenvalue weighted by Crippen LogP contribution is -2.51. The molecule has 2 aliphatic heterocycles. The number of amides is 2. The topological polar surface area (TPSA) is 78.9 Å². The van der Waals surface area contributed by atoms with E-state index in [9.17, 15) is 9.59 Å². The van der Waals surface area contributed by atoms with Crippen molar-refractivity contribution in [3.63, 3.8) is 0 Å². The molecule has 0 bridgehead atoms. The summed E-state index contributed by atoms with van der Waals surface area (Å²) in [6.45, 7) is 3.16. The highest BCUT2D eigenvalue weighted by Crippen LogP contribution is 2.19. The van der Waals surface area contributed by atoms with Crippen LogP contribution in [0.1, 0.15) is 32.6 Å². The molecular weight excluding hydrogens is 236 g/mol. The van der Waals surface area contributed by atoms with Gasteiger partial charge in [-0.3, -0.25) is 0 Å². The zero-order valence-electron chi connectivity index (χ0n) is 10.6. The second-order valence-corrected chi connectivity index (χ2v) is 4.98. The van der Waals surface area contributed by atoms with Crippen molar-refractivity contribution in [2.24, 2.45) is 0 Å². The number of nitrogens with one attached hydrogen (secondary N) is 1. The summed E-state index contributed by atoms with van der Waals surface area (Å²) in [5.41, 5.74) is 0. The molecule has 6 nitrogen and oxygen atoms in total. The second kappa shape index (κ2) is 5.56. The van der Waals surface area contributed by atoms with Crippen molar-refractivity contribution in [1.29, 1.82) is 0 Å². The number of carboxylic acids is 1. The number of carboxylic acid groups (broad SMARTS) is 1. The van der Waals surface area contributed by atoms with E-state index in [0.717, 1.165) is 25.9 Å². The summed E-state index contributed by atoms with van der Waals surface area (Å²) in [5.74, 6) is -0.924. The first-order valence-corrected chi connectivity index (χ1v) is 6.51. The molecule has 0 spiro atoms. The van der Waals surface area contributed by atoms with Crippen LogP contribution in [0.5, 0.6) is 0 Å². The molecule has 2 amide bonds. The maximum absolute atomic E-state index is 12.0. The molecule has 2 N–H and O–H groups in total. The molecule has 2 heterocycles. The minimum Gasteiger partial charge on any atom is -0.480 e. The normalized spacial score (nSPS) is 29.3. The lowest BCUT2D eigenvalue weighted by Gasteiger charge is -2.26. The van der Waals surface area contributed by atoms with Gasteiger partial charge in [-0.25, -0.2) is 9.59 Å². The number of carbonyl (C=O) groups is 2. The lowest BCUT2D eigenvalue weighted by molar-refractivity contribution is -0.141. The fourth-order valence-corrected chi connectivity index (χ4v) is 2.63. The van der Waals surface area contributed by atoms with E-state index in [4.69, 9.17) is 9.84 Å². The number of carbonyl (C=O) groups excluding carboxylic acids is 1. The molecule has 2 rings (SSSR count). The largest absolute Gasteiger partial charge is 0.480 e. The van der Waals surface area contributed by atoms with Crippen LogP contribution in [0.15, 0.2) is 0 Å². The highest BCUT2D eigenvalue weighted by molar-refractivity contribution is 5.83. The van der Waals surface area contributed by atoms with Crippen LogP contribution in [0, 0.1) is 0 Å². The van der Waals surface area contributed by atoms with E-state index >= 15 is 0 Å². The maximum Gasteiger partial charge on any atom is 0.326 e. The number of ether oxygens (including phenoxy) is 1. The van der Waals surface area contributed by atoms with Crippen LogP contribution in [0.4, 0.5) is 4.79 Å². The first-order valence-electron chi connectivity index (χ1n) is 6.51. The summed E-state index contributed by atoms with van der Waals surface area (Å²) in [5, 5.41) is 11.9. The molecule has 0 aliphatic carbocycles. The van der Waals surface area contributed by atoms with Gasteiger partial charge in [-0.2, -0.15) is 0 Å². The number of rotatable bonds is 3. The Morgan fingerprint density at radius 2 is 2.17 bits per heavy atom. The van der Waals surface area contributed by atoms with Gasteiger partial charge in [0, 0.05) is 13.2 Å². The van der Waals surface area contributed by atoms with E-state index in [1.54, 1.807) is 0 Å². The lowest BCUT2D eigenvalue weighted by atomic mass is 10.1. The van der Waals surface area contributed by atoms with Gasteiger partial charge in [0.2, 0.25) is 0 Å². The van der Waals surface area contributed by atoms with E-state index in [1.807, 2.05) is 6.92 Å². The molecule has 0 aromatic carbocycles. The predicted octanol–water partition coefficient (Wildman–Crippen LogP) is 0.812.